The molecule has 0 N–H and O–H groups in total. The van der Waals surface area contributed by atoms with Crippen LogP contribution in [0.25, 0.3) is 11.0 Å². The van der Waals surface area contributed by atoms with Crippen LogP contribution in [0.4, 0.5) is 13.2 Å². The Bertz CT molecular complexity index is 643. The second-order valence-electron chi connectivity index (χ2n) is 3.30. The fourth-order valence-corrected chi connectivity index (χ4v) is 1.70. The van der Waals surface area contributed by atoms with Crippen LogP contribution in [0.2, 0.25) is 0 Å². The Morgan fingerprint density at radius 1 is 1.24 bits per heavy atom. The number of Topliss-reactive ketones (excluding diaryl/α,β-unsaturated/α-hetero) is 1. The molecule has 0 saturated carbocycles. The van der Waals surface area contributed by atoms with Crippen molar-refractivity contribution in [3.05, 3.63) is 40.6 Å². The van der Waals surface area contributed by atoms with Gasteiger partial charge in [-0.1, -0.05) is 24.4 Å². The van der Waals surface area contributed by atoms with Crippen LogP contribution in [0.15, 0.2) is 34.9 Å². The molecule has 0 bridgehead atoms. The molecule has 88 valence electrons. The van der Waals surface area contributed by atoms with E-state index in [1.165, 1.54) is 6.07 Å². The van der Waals surface area contributed by atoms with Crippen LogP contribution >= 0.6 is 12.2 Å². The van der Waals surface area contributed by atoms with Crippen LogP contribution in [-0.4, -0.2) is 12.0 Å². The van der Waals surface area contributed by atoms with E-state index in [1.54, 1.807) is 18.2 Å². The van der Waals surface area contributed by atoms with E-state index in [2.05, 4.69) is 0 Å². The highest BCUT2D eigenvalue weighted by atomic mass is 32.1. The van der Waals surface area contributed by atoms with E-state index in [1.807, 2.05) is 0 Å². The van der Waals surface area contributed by atoms with E-state index in [0.29, 0.717) is 11.0 Å². The van der Waals surface area contributed by atoms with Crippen molar-refractivity contribution in [3.63, 3.8) is 0 Å². The maximum Gasteiger partial charge on any atom is 0.455 e. The van der Waals surface area contributed by atoms with Crippen molar-refractivity contribution in [3.8, 4) is 0 Å². The first-order chi connectivity index (χ1) is 7.91. The van der Waals surface area contributed by atoms with Crippen LogP contribution in [0.3, 0.4) is 0 Å². The van der Waals surface area contributed by atoms with Gasteiger partial charge in [-0.15, -0.1) is 0 Å². The third-order valence-corrected chi connectivity index (χ3v) is 2.62. The number of alkyl halides is 3. The smallest absolute Gasteiger partial charge is 0.455 e. The standard InChI is InChI=1S/C11H5F3O2S/c12-11(13,14)10(15)7-5-16-8-4-2-1-3-6(8)9(7)17/h1-5H. The van der Waals surface area contributed by atoms with Crippen molar-refractivity contribution in [2.75, 3.05) is 0 Å². The minimum Gasteiger partial charge on any atom is -0.464 e. The highest BCUT2D eigenvalue weighted by molar-refractivity contribution is 7.71. The van der Waals surface area contributed by atoms with Crippen molar-refractivity contribution in [1.29, 1.82) is 0 Å². The Labute approximate surface area is 98.7 Å². The molecule has 1 heterocycles. The predicted octanol–water partition coefficient (Wildman–Crippen LogP) is 3.91. The van der Waals surface area contributed by atoms with E-state index in [0.717, 1.165) is 6.26 Å². The number of ketones is 1. The van der Waals surface area contributed by atoms with Gasteiger partial charge >= 0.3 is 6.18 Å². The molecular weight excluding hydrogens is 253 g/mol. The Hall–Kier alpha value is -1.69. The van der Waals surface area contributed by atoms with Gasteiger partial charge in [-0.25, -0.2) is 0 Å². The molecule has 0 fully saturated rings. The third kappa shape index (κ3) is 2.08. The van der Waals surface area contributed by atoms with E-state index < -0.39 is 17.5 Å². The predicted molar refractivity (Wildman–Crippen MR) is 57.4 cm³/mol. The quantitative estimate of drug-likeness (QED) is 0.574. The largest absolute Gasteiger partial charge is 0.464 e. The highest BCUT2D eigenvalue weighted by Gasteiger charge is 2.40. The van der Waals surface area contributed by atoms with Gasteiger partial charge in [0.1, 0.15) is 11.8 Å². The summed E-state index contributed by atoms with van der Waals surface area (Å²) in [4.78, 5) is 11.1. The number of hydrogen-bond acceptors (Lipinski definition) is 3. The highest BCUT2D eigenvalue weighted by Crippen LogP contribution is 2.25. The second-order valence-corrected chi connectivity index (χ2v) is 3.71. The number of fused-ring (bicyclic) bond motifs is 1. The molecule has 1 aromatic carbocycles. The molecular formula is C11H5F3O2S. The molecule has 2 aromatic rings. The number of carbonyl (C=O) groups is 1. The summed E-state index contributed by atoms with van der Waals surface area (Å²) in [5.74, 6) is -1.99. The number of rotatable bonds is 1. The van der Waals surface area contributed by atoms with Gasteiger partial charge in [0.15, 0.2) is 0 Å². The van der Waals surface area contributed by atoms with Crippen LogP contribution in [0, 0.1) is 4.51 Å². The SMILES string of the molecule is O=C(c1coc2ccccc2c1=S)C(F)(F)F. The molecule has 0 radical (unpaired) electrons. The van der Waals surface area contributed by atoms with Gasteiger partial charge in [0.05, 0.1) is 10.1 Å². The number of para-hydroxylation sites is 1. The Kier molecular flexibility index (Phi) is 2.74. The van der Waals surface area contributed by atoms with Crippen LogP contribution in [-0.2, 0) is 0 Å². The topological polar surface area (TPSA) is 30.2 Å². The van der Waals surface area contributed by atoms with E-state index in [9.17, 15) is 18.0 Å². The molecule has 6 heteroatoms. The molecule has 0 amide bonds. The van der Waals surface area contributed by atoms with Crippen molar-refractivity contribution < 1.29 is 22.4 Å². The lowest BCUT2D eigenvalue weighted by atomic mass is 10.1. The maximum atomic E-state index is 12.3. The summed E-state index contributed by atoms with van der Waals surface area (Å²) >= 11 is 4.86. The fourth-order valence-electron chi connectivity index (χ4n) is 1.39. The maximum absolute atomic E-state index is 12.3. The normalized spacial score (nSPS) is 11.7. The molecule has 0 unspecified atom stereocenters. The molecule has 1 aromatic heterocycles. The summed E-state index contributed by atoms with van der Waals surface area (Å²) < 4.78 is 41.6. The number of hydrogen-bond donors (Lipinski definition) is 0. The minimum absolute atomic E-state index is 0.144. The summed E-state index contributed by atoms with van der Waals surface area (Å²) in [6, 6.07) is 6.34. The lowest BCUT2D eigenvalue weighted by Crippen LogP contribution is -2.23. The Balaban J connectivity index is 2.70. The van der Waals surface area contributed by atoms with Crippen LogP contribution in [0.5, 0.6) is 0 Å². The van der Waals surface area contributed by atoms with Crippen molar-refractivity contribution in [2.45, 2.75) is 6.18 Å². The first kappa shape index (κ1) is 11.8. The van der Waals surface area contributed by atoms with Crippen molar-refractivity contribution in [2.24, 2.45) is 0 Å². The lowest BCUT2D eigenvalue weighted by Gasteiger charge is -2.05. The van der Waals surface area contributed by atoms with Gasteiger partial charge in [-0.05, 0) is 12.1 Å². The number of carbonyl (C=O) groups excluding carboxylic acids is 1. The number of benzene rings is 1. The minimum atomic E-state index is -4.95. The summed E-state index contributed by atoms with van der Waals surface area (Å²) in [5.41, 5.74) is -0.289. The van der Waals surface area contributed by atoms with Gasteiger partial charge in [0, 0.05) is 5.39 Å². The summed E-state index contributed by atoms with van der Waals surface area (Å²) in [7, 11) is 0. The molecule has 0 saturated heterocycles. The van der Waals surface area contributed by atoms with Gasteiger partial charge < -0.3 is 4.42 Å². The molecule has 0 spiro atoms. The molecule has 0 aliphatic heterocycles. The summed E-state index contributed by atoms with van der Waals surface area (Å²) in [6.07, 6.45) is -4.20. The summed E-state index contributed by atoms with van der Waals surface area (Å²) in [6.45, 7) is 0. The first-order valence-electron chi connectivity index (χ1n) is 4.53. The van der Waals surface area contributed by atoms with Gasteiger partial charge in [-0.2, -0.15) is 13.2 Å². The first-order valence-corrected chi connectivity index (χ1v) is 4.94. The average Bonchev–Trinajstić information content (AvgIpc) is 2.28. The van der Waals surface area contributed by atoms with Crippen molar-refractivity contribution >= 4 is 29.0 Å². The molecule has 2 rings (SSSR count). The van der Waals surface area contributed by atoms with Crippen LogP contribution < -0.4 is 0 Å². The zero-order chi connectivity index (χ0) is 12.6. The zero-order valence-electron chi connectivity index (χ0n) is 8.25. The molecule has 2 nitrogen and oxygen atoms in total. The summed E-state index contributed by atoms with van der Waals surface area (Å²) in [5, 5.41) is 0.317. The number of halogens is 3. The van der Waals surface area contributed by atoms with Gasteiger partial charge in [0.2, 0.25) is 0 Å². The second kappa shape index (κ2) is 3.96. The zero-order valence-corrected chi connectivity index (χ0v) is 9.06. The fraction of sp³-hybridized carbons (Fsp3) is 0.0909. The van der Waals surface area contributed by atoms with E-state index in [4.69, 9.17) is 16.6 Å². The van der Waals surface area contributed by atoms with Gasteiger partial charge in [-0.3, -0.25) is 4.79 Å². The van der Waals surface area contributed by atoms with E-state index >= 15 is 0 Å². The molecule has 17 heavy (non-hydrogen) atoms. The Morgan fingerprint density at radius 2 is 1.88 bits per heavy atom. The van der Waals surface area contributed by atoms with E-state index in [-0.39, 0.29) is 4.51 Å². The molecule has 0 aliphatic carbocycles. The van der Waals surface area contributed by atoms with Crippen molar-refractivity contribution in [1.82, 2.24) is 0 Å². The average molecular weight is 258 g/mol. The molecule has 0 atom stereocenters. The van der Waals surface area contributed by atoms with Crippen LogP contribution in [0.1, 0.15) is 10.4 Å². The lowest BCUT2D eigenvalue weighted by molar-refractivity contribution is -0.0886. The molecule has 0 aliphatic rings. The third-order valence-electron chi connectivity index (χ3n) is 2.18. The monoisotopic (exact) mass is 258 g/mol. The van der Waals surface area contributed by atoms with Gasteiger partial charge in [0.25, 0.3) is 5.78 Å². The Morgan fingerprint density at radius 3 is 2.53 bits per heavy atom.